The van der Waals surface area contributed by atoms with Crippen LogP contribution in [0.5, 0.6) is 0 Å². The fraction of sp³-hybridized carbons (Fsp3) is 0.174. The number of fused-ring (bicyclic) bond motifs is 1. The Kier molecular flexibility index (Phi) is 6.26. The number of nitro benzene ring substituents is 1. The van der Waals surface area contributed by atoms with Crippen LogP contribution in [0.25, 0.3) is 6.08 Å². The van der Waals surface area contributed by atoms with Gasteiger partial charge in [0, 0.05) is 17.2 Å². The SMILES string of the molecule is CCOC(=O)C1=C(C)N=c2s/c(=C\c3ccccc3Cl)c(=O)n2[C@H]1c1cccc([N+](=O)[O-])c1. The van der Waals surface area contributed by atoms with Gasteiger partial charge in [0.1, 0.15) is 0 Å². The van der Waals surface area contributed by atoms with E-state index in [0.29, 0.717) is 31.2 Å². The fourth-order valence-electron chi connectivity index (χ4n) is 3.65. The van der Waals surface area contributed by atoms with Crippen LogP contribution in [0.1, 0.15) is 31.0 Å². The van der Waals surface area contributed by atoms with E-state index in [1.807, 2.05) is 6.07 Å². The van der Waals surface area contributed by atoms with Crippen LogP contribution in [-0.4, -0.2) is 22.1 Å². The summed E-state index contributed by atoms with van der Waals surface area (Å²) in [4.78, 5) is 42.1. The zero-order chi connectivity index (χ0) is 23.7. The number of nitro groups is 1. The molecule has 2 aromatic carbocycles. The summed E-state index contributed by atoms with van der Waals surface area (Å²) in [5.41, 5.74) is 1.09. The lowest BCUT2D eigenvalue weighted by atomic mass is 9.95. The standard InChI is InChI=1S/C23H18ClN3O5S/c1-3-32-22(29)19-13(2)25-23-26(20(19)15-8-6-9-16(11-15)27(30)31)21(28)18(33-23)12-14-7-4-5-10-17(14)24/h4-12,20H,3H2,1-2H3/b18-12-/t20-/m0/s1. The average Bonchev–Trinajstić information content (AvgIpc) is 3.09. The van der Waals surface area contributed by atoms with E-state index in [1.54, 1.807) is 44.2 Å². The Hall–Kier alpha value is -3.56. The zero-order valence-electron chi connectivity index (χ0n) is 17.6. The molecule has 1 aliphatic rings. The number of rotatable bonds is 5. The van der Waals surface area contributed by atoms with E-state index in [0.717, 1.165) is 11.3 Å². The lowest BCUT2D eigenvalue weighted by Gasteiger charge is -2.24. The van der Waals surface area contributed by atoms with Crippen molar-refractivity contribution in [3.63, 3.8) is 0 Å². The number of carbonyl (C=O) groups is 1. The lowest BCUT2D eigenvalue weighted by Crippen LogP contribution is -2.40. The van der Waals surface area contributed by atoms with Crippen molar-refractivity contribution in [3.8, 4) is 0 Å². The van der Waals surface area contributed by atoms with Crippen molar-refractivity contribution in [3.05, 3.63) is 106 Å². The van der Waals surface area contributed by atoms with E-state index in [2.05, 4.69) is 4.99 Å². The average molecular weight is 484 g/mol. The Labute approximate surface area is 196 Å². The lowest BCUT2D eigenvalue weighted by molar-refractivity contribution is -0.384. The molecule has 0 saturated heterocycles. The summed E-state index contributed by atoms with van der Waals surface area (Å²) in [5, 5.41) is 11.9. The molecule has 4 rings (SSSR count). The second-order valence-electron chi connectivity index (χ2n) is 7.18. The number of nitrogens with zero attached hydrogens (tertiary/aromatic N) is 3. The molecule has 1 aliphatic heterocycles. The van der Waals surface area contributed by atoms with Crippen molar-refractivity contribution >= 4 is 40.7 Å². The Balaban J connectivity index is 1.99. The smallest absolute Gasteiger partial charge is 0.338 e. The van der Waals surface area contributed by atoms with Crippen LogP contribution in [0.2, 0.25) is 5.02 Å². The molecule has 33 heavy (non-hydrogen) atoms. The molecule has 0 aliphatic carbocycles. The number of hydrogen-bond acceptors (Lipinski definition) is 7. The summed E-state index contributed by atoms with van der Waals surface area (Å²) >= 11 is 7.41. The van der Waals surface area contributed by atoms with Crippen molar-refractivity contribution in [2.75, 3.05) is 6.61 Å². The van der Waals surface area contributed by atoms with Gasteiger partial charge in [0.15, 0.2) is 4.80 Å². The maximum atomic E-state index is 13.5. The first-order chi connectivity index (χ1) is 15.8. The molecule has 0 bridgehead atoms. The fourth-order valence-corrected chi connectivity index (χ4v) is 4.88. The van der Waals surface area contributed by atoms with Gasteiger partial charge in [-0.05, 0) is 37.1 Å². The van der Waals surface area contributed by atoms with Crippen LogP contribution >= 0.6 is 22.9 Å². The maximum absolute atomic E-state index is 13.5. The van der Waals surface area contributed by atoms with Gasteiger partial charge in [-0.2, -0.15) is 0 Å². The number of allylic oxidation sites excluding steroid dienone is 1. The monoisotopic (exact) mass is 483 g/mol. The quantitative estimate of drug-likeness (QED) is 0.314. The van der Waals surface area contributed by atoms with Gasteiger partial charge in [0.25, 0.3) is 11.2 Å². The van der Waals surface area contributed by atoms with E-state index >= 15 is 0 Å². The third-order valence-electron chi connectivity index (χ3n) is 5.11. The summed E-state index contributed by atoms with van der Waals surface area (Å²) < 4.78 is 6.98. The number of esters is 1. The third-order valence-corrected chi connectivity index (χ3v) is 6.43. The van der Waals surface area contributed by atoms with Gasteiger partial charge in [-0.3, -0.25) is 19.5 Å². The topological polar surface area (TPSA) is 104 Å². The van der Waals surface area contributed by atoms with E-state index in [1.165, 1.54) is 22.8 Å². The van der Waals surface area contributed by atoms with Gasteiger partial charge >= 0.3 is 5.97 Å². The minimum Gasteiger partial charge on any atom is -0.463 e. The molecule has 0 radical (unpaired) electrons. The zero-order valence-corrected chi connectivity index (χ0v) is 19.2. The minimum absolute atomic E-state index is 0.133. The Bertz CT molecular complexity index is 1490. The number of ether oxygens (including phenoxy) is 1. The molecule has 1 atom stereocenters. The van der Waals surface area contributed by atoms with Crippen molar-refractivity contribution in [1.29, 1.82) is 0 Å². The van der Waals surface area contributed by atoms with Crippen molar-refractivity contribution in [2.45, 2.75) is 19.9 Å². The molecular formula is C23H18ClN3O5S. The summed E-state index contributed by atoms with van der Waals surface area (Å²) in [6, 6.07) is 12.1. The van der Waals surface area contributed by atoms with Gasteiger partial charge in [-0.25, -0.2) is 9.79 Å². The first-order valence-electron chi connectivity index (χ1n) is 10.0. The molecular weight excluding hydrogens is 466 g/mol. The second-order valence-corrected chi connectivity index (χ2v) is 8.59. The molecule has 0 spiro atoms. The van der Waals surface area contributed by atoms with Crippen molar-refractivity contribution in [2.24, 2.45) is 4.99 Å². The maximum Gasteiger partial charge on any atom is 0.338 e. The normalized spacial score (nSPS) is 15.7. The van der Waals surface area contributed by atoms with E-state index in [4.69, 9.17) is 16.3 Å². The molecule has 2 heterocycles. The van der Waals surface area contributed by atoms with Crippen LogP contribution in [0.3, 0.4) is 0 Å². The number of carbonyl (C=O) groups excluding carboxylic acids is 1. The summed E-state index contributed by atoms with van der Waals surface area (Å²) in [6.45, 7) is 3.46. The molecule has 8 nitrogen and oxygen atoms in total. The molecule has 10 heteroatoms. The number of benzene rings is 2. The van der Waals surface area contributed by atoms with Crippen LogP contribution in [0, 0.1) is 10.1 Å². The largest absolute Gasteiger partial charge is 0.463 e. The summed E-state index contributed by atoms with van der Waals surface area (Å²) in [5.74, 6) is -0.629. The highest BCUT2D eigenvalue weighted by Gasteiger charge is 2.34. The Morgan fingerprint density at radius 2 is 2.06 bits per heavy atom. The first-order valence-corrected chi connectivity index (χ1v) is 11.2. The van der Waals surface area contributed by atoms with Crippen LogP contribution < -0.4 is 14.9 Å². The molecule has 0 amide bonds. The summed E-state index contributed by atoms with van der Waals surface area (Å²) in [7, 11) is 0. The number of aromatic nitrogens is 1. The number of hydrogen-bond donors (Lipinski definition) is 0. The van der Waals surface area contributed by atoms with Crippen molar-refractivity contribution < 1.29 is 14.5 Å². The van der Waals surface area contributed by atoms with Crippen molar-refractivity contribution in [1.82, 2.24) is 4.57 Å². The second kappa shape index (κ2) is 9.13. The van der Waals surface area contributed by atoms with E-state index < -0.39 is 16.9 Å². The molecule has 1 aromatic heterocycles. The number of halogens is 1. The van der Waals surface area contributed by atoms with Crippen LogP contribution in [0.15, 0.2) is 69.6 Å². The summed E-state index contributed by atoms with van der Waals surface area (Å²) in [6.07, 6.45) is 1.67. The van der Waals surface area contributed by atoms with Gasteiger partial charge in [0.05, 0.1) is 33.4 Å². The Morgan fingerprint density at radius 3 is 2.76 bits per heavy atom. The van der Waals surface area contributed by atoms with Gasteiger partial charge < -0.3 is 4.74 Å². The molecule has 3 aromatic rings. The number of non-ortho nitro benzene ring substituents is 1. The predicted molar refractivity (Wildman–Crippen MR) is 125 cm³/mol. The molecule has 0 fully saturated rings. The predicted octanol–water partition coefficient (Wildman–Crippen LogP) is 3.36. The molecule has 0 saturated carbocycles. The highest BCUT2D eigenvalue weighted by molar-refractivity contribution is 7.07. The first kappa shape index (κ1) is 22.6. The highest BCUT2D eigenvalue weighted by Crippen LogP contribution is 2.32. The van der Waals surface area contributed by atoms with Crippen LogP contribution in [0.4, 0.5) is 5.69 Å². The van der Waals surface area contributed by atoms with Gasteiger partial charge in [-0.15, -0.1) is 0 Å². The third kappa shape index (κ3) is 4.24. The molecule has 0 unspecified atom stereocenters. The molecule has 0 N–H and O–H groups in total. The number of thiazole rings is 1. The van der Waals surface area contributed by atoms with Crippen LogP contribution in [-0.2, 0) is 9.53 Å². The van der Waals surface area contributed by atoms with Gasteiger partial charge in [-0.1, -0.05) is 53.3 Å². The Morgan fingerprint density at radius 1 is 1.30 bits per heavy atom. The minimum atomic E-state index is -0.923. The van der Waals surface area contributed by atoms with Gasteiger partial charge in [0.2, 0.25) is 0 Å². The highest BCUT2D eigenvalue weighted by atomic mass is 35.5. The van der Waals surface area contributed by atoms with E-state index in [-0.39, 0.29) is 23.4 Å². The molecule has 168 valence electrons. The van der Waals surface area contributed by atoms with E-state index in [9.17, 15) is 19.7 Å².